The second kappa shape index (κ2) is 20.0. The van der Waals surface area contributed by atoms with Crippen LogP contribution in [-0.2, 0) is 52.5 Å². The molecule has 2 saturated heterocycles. The topological polar surface area (TPSA) is 282 Å². The molecule has 24 heteroatoms. The first-order valence-corrected chi connectivity index (χ1v) is 23.6. The van der Waals surface area contributed by atoms with Crippen molar-refractivity contribution in [3.05, 3.63) is 61.8 Å². The predicted octanol–water partition coefficient (Wildman–Crippen LogP) is 2.81. The number of hydrogen-bond donors (Lipinski definition) is 4. The lowest BCUT2D eigenvalue weighted by Crippen LogP contribution is -2.71. The standard InChI is InChI=1S/C40H46N8O12S4/c1-7-9-21(23-15-61-18(3)43-23)29(49)45-25-31(51)47-27(20(12-58-39(42)56)14-63-33(25)47)35(53)57-11-19-13-62-34-26(46-30(50)22(10-8-2)24-16-64-38(41)44-24)32(52)48(34)28(19)36(54)59-17-60-37(55)40(4,5)6/h9-10,15-16,25-26,33-34H,7-8,11-14,17H2,1-6H3,(H2,41,44)(H2,42,56)(H,45,49)(H,46,50)/b21-9-,22-10-/t25-,26-,33-,34-/m1/s1. The van der Waals surface area contributed by atoms with Gasteiger partial charge in [-0.3, -0.25) is 33.8 Å². The van der Waals surface area contributed by atoms with Crippen LogP contribution in [0.25, 0.3) is 11.1 Å². The van der Waals surface area contributed by atoms with E-state index in [1.165, 1.54) is 34.9 Å². The van der Waals surface area contributed by atoms with Crippen LogP contribution in [0.5, 0.6) is 0 Å². The second-order valence-corrected chi connectivity index (χ2v) is 19.6. The molecule has 0 spiro atoms. The Morgan fingerprint density at radius 1 is 0.766 bits per heavy atom. The number of hydrogen-bond acceptors (Lipinski definition) is 19. The molecule has 6 N–H and O–H groups in total. The van der Waals surface area contributed by atoms with Gasteiger partial charge in [0, 0.05) is 33.4 Å². The van der Waals surface area contributed by atoms with Gasteiger partial charge in [0.15, 0.2) is 5.13 Å². The first-order chi connectivity index (χ1) is 30.4. The van der Waals surface area contributed by atoms with Crippen LogP contribution in [0.4, 0.5) is 9.93 Å². The fourth-order valence-electron chi connectivity index (χ4n) is 6.74. The van der Waals surface area contributed by atoms with Crippen molar-refractivity contribution in [1.29, 1.82) is 0 Å². The maximum atomic E-state index is 14.1. The number of thioether (sulfide) groups is 2. The van der Waals surface area contributed by atoms with Crippen molar-refractivity contribution in [2.75, 3.05) is 37.2 Å². The molecule has 4 atom stereocenters. The van der Waals surface area contributed by atoms with Gasteiger partial charge >= 0.3 is 24.0 Å². The molecule has 2 fully saturated rings. The normalized spacial score (nSPS) is 21.0. The molecule has 64 heavy (non-hydrogen) atoms. The van der Waals surface area contributed by atoms with Crippen LogP contribution < -0.4 is 22.1 Å². The molecule has 20 nitrogen and oxygen atoms in total. The molecule has 0 radical (unpaired) electrons. The molecular formula is C40H46N8O12S4. The van der Waals surface area contributed by atoms with E-state index in [2.05, 4.69) is 20.6 Å². The molecular weight excluding hydrogens is 913 g/mol. The van der Waals surface area contributed by atoms with Crippen molar-refractivity contribution in [1.82, 2.24) is 30.4 Å². The van der Waals surface area contributed by atoms with Gasteiger partial charge in [0.05, 0.1) is 33.0 Å². The SMILES string of the molecule is CC/C=C(\C(=O)N[C@@H]1C(=O)N2C(C(=O)OCC3=C(C(=O)OCOC(=O)C(C)(C)C)N4C(=O)[C@@H](NC(=O)/C(=C\CC)c5csc(N)n5)[C@H]4SC3)=C(COC(N)=O)CS[C@H]12)c1csc(C)n1. The maximum Gasteiger partial charge on any atom is 0.404 e. The Balaban J connectivity index is 1.22. The first-order valence-electron chi connectivity index (χ1n) is 19.8. The Morgan fingerprint density at radius 2 is 1.25 bits per heavy atom. The molecule has 2 aromatic heterocycles. The van der Waals surface area contributed by atoms with E-state index in [-0.39, 0.29) is 44.8 Å². The lowest BCUT2D eigenvalue weighted by molar-refractivity contribution is -0.173. The zero-order valence-corrected chi connectivity index (χ0v) is 38.8. The van der Waals surface area contributed by atoms with Gasteiger partial charge in [-0.1, -0.05) is 26.0 Å². The van der Waals surface area contributed by atoms with Gasteiger partial charge in [0.25, 0.3) is 23.6 Å². The number of carbonyl (C=O) groups is 8. The number of carbonyl (C=O) groups excluding carboxylic acids is 8. The Labute approximate surface area is 383 Å². The van der Waals surface area contributed by atoms with Gasteiger partial charge < -0.3 is 41.0 Å². The van der Waals surface area contributed by atoms with E-state index in [0.717, 1.165) is 26.1 Å². The summed E-state index contributed by atoms with van der Waals surface area (Å²) in [5, 5.41) is 8.32. The monoisotopic (exact) mass is 958 g/mol. The zero-order valence-electron chi connectivity index (χ0n) is 35.5. The highest BCUT2D eigenvalue weighted by atomic mass is 32.2. The highest BCUT2D eigenvalue weighted by Crippen LogP contribution is 2.43. The summed E-state index contributed by atoms with van der Waals surface area (Å²) in [6.45, 7) is 8.47. The van der Waals surface area contributed by atoms with Gasteiger partial charge in [-0.05, 0) is 40.5 Å². The molecule has 4 aliphatic heterocycles. The number of fused-ring (bicyclic) bond motifs is 2. The van der Waals surface area contributed by atoms with Gasteiger partial charge in [0.2, 0.25) is 6.79 Å². The molecule has 0 saturated carbocycles. The van der Waals surface area contributed by atoms with E-state index < -0.39 is 95.9 Å². The lowest BCUT2D eigenvalue weighted by atomic mass is 9.98. The molecule has 342 valence electrons. The summed E-state index contributed by atoms with van der Waals surface area (Å²) in [5.74, 6) is -5.14. The molecule has 0 aromatic carbocycles. The summed E-state index contributed by atoms with van der Waals surface area (Å²) >= 11 is 4.90. The second-order valence-electron chi connectivity index (χ2n) is 15.4. The average molecular weight is 959 g/mol. The number of nitrogens with one attached hydrogen (secondary N) is 2. The van der Waals surface area contributed by atoms with E-state index in [0.29, 0.717) is 29.8 Å². The number of nitrogens with two attached hydrogens (primary N) is 2. The largest absolute Gasteiger partial charge is 0.456 e. The number of nitrogen functional groups attached to an aromatic ring is 1. The summed E-state index contributed by atoms with van der Waals surface area (Å²) in [4.78, 5) is 117. The third-order valence-corrected chi connectivity index (χ3v) is 13.9. The Hall–Kier alpha value is -5.72. The number of nitrogens with zero attached hydrogens (tertiary/aromatic N) is 4. The summed E-state index contributed by atoms with van der Waals surface area (Å²) in [5.41, 5.74) is 11.2. The van der Waals surface area contributed by atoms with Crippen molar-refractivity contribution in [2.24, 2.45) is 11.1 Å². The number of aryl methyl sites for hydroxylation is 1. The number of ether oxygens (including phenoxy) is 4. The number of thiazole rings is 2. The lowest BCUT2D eigenvalue weighted by Gasteiger charge is -2.50. The summed E-state index contributed by atoms with van der Waals surface area (Å²) in [6.07, 6.45) is 3.22. The Kier molecular flexibility index (Phi) is 14.9. The molecule has 4 aliphatic rings. The van der Waals surface area contributed by atoms with Crippen LogP contribution in [-0.4, -0.2) is 122 Å². The quantitative estimate of drug-likeness (QED) is 0.0619. The average Bonchev–Trinajstić information content (AvgIpc) is 3.89. The van der Waals surface area contributed by atoms with Crippen LogP contribution in [0.15, 0.2) is 45.5 Å². The summed E-state index contributed by atoms with van der Waals surface area (Å²) < 4.78 is 21.2. The molecule has 6 rings (SSSR count). The molecule has 0 aliphatic carbocycles. The minimum absolute atomic E-state index is 0.00136. The minimum atomic E-state index is -1.13. The fourth-order valence-corrected chi connectivity index (χ4v) is 10.6. The van der Waals surface area contributed by atoms with E-state index in [1.54, 1.807) is 50.6 Å². The van der Waals surface area contributed by atoms with Gasteiger partial charge in [-0.15, -0.1) is 46.2 Å². The van der Waals surface area contributed by atoms with Crippen LogP contribution in [0, 0.1) is 12.3 Å². The van der Waals surface area contributed by atoms with Crippen LogP contribution in [0.1, 0.15) is 63.9 Å². The fraction of sp³-hybridized carbons (Fsp3) is 0.450. The maximum absolute atomic E-state index is 14.1. The molecule has 6 heterocycles. The zero-order chi connectivity index (χ0) is 46.6. The van der Waals surface area contributed by atoms with E-state index >= 15 is 0 Å². The molecule has 0 unspecified atom stereocenters. The van der Waals surface area contributed by atoms with Crippen molar-refractivity contribution < 1.29 is 57.3 Å². The number of esters is 3. The number of primary amides is 1. The van der Waals surface area contributed by atoms with Crippen LogP contribution in [0.3, 0.4) is 0 Å². The number of anilines is 1. The highest BCUT2D eigenvalue weighted by Gasteiger charge is 2.56. The summed E-state index contributed by atoms with van der Waals surface area (Å²) in [6, 6.07) is -2.12. The number of allylic oxidation sites excluding steroid dienone is 2. The first kappa shape index (κ1) is 47.8. The number of amides is 5. The Morgan fingerprint density at radius 3 is 1.69 bits per heavy atom. The molecule has 2 aromatic rings. The molecule has 0 bridgehead atoms. The smallest absolute Gasteiger partial charge is 0.404 e. The van der Waals surface area contributed by atoms with Crippen molar-refractivity contribution >= 4 is 110 Å². The Bertz CT molecular complexity index is 2400. The number of aromatic nitrogens is 2. The third kappa shape index (κ3) is 10.1. The predicted molar refractivity (Wildman–Crippen MR) is 237 cm³/mol. The van der Waals surface area contributed by atoms with Crippen molar-refractivity contribution in [2.45, 2.75) is 77.2 Å². The van der Waals surface area contributed by atoms with E-state index in [4.69, 9.17) is 30.4 Å². The minimum Gasteiger partial charge on any atom is -0.456 e. The van der Waals surface area contributed by atoms with Crippen LogP contribution >= 0.6 is 46.2 Å². The third-order valence-electron chi connectivity index (χ3n) is 9.81. The van der Waals surface area contributed by atoms with Crippen molar-refractivity contribution in [3.8, 4) is 0 Å². The van der Waals surface area contributed by atoms with E-state index in [9.17, 15) is 38.4 Å². The van der Waals surface area contributed by atoms with Gasteiger partial charge in [0.1, 0.15) is 47.4 Å². The molecule has 5 amide bonds. The van der Waals surface area contributed by atoms with Crippen molar-refractivity contribution in [3.63, 3.8) is 0 Å². The highest BCUT2D eigenvalue weighted by molar-refractivity contribution is 8.00. The van der Waals surface area contributed by atoms with E-state index in [1.807, 2.05) is 13.8 Å². The number of β-lactam (4-membered cyclic amide) rings is 2. The van der Waals surface area contributed by atoms with Crippen LogP contribution in [0.2, 0.25) is 0 Å². The van der Waals surface area contributed by atoms with Gasteiger partial charge in [-0.2, -0.15) is 0 Å². The summed E-state index contributed by atoms with van der Waals surface area (Å²) in [7, 11) is 0. The van der Waals surface area contributed by atoms with Gasteiger partial charge in [-0.25, -0.2) is 24.4 Å². The number of rotatable bonds is 16.